The Hall–Kier alpha value is -2.82. The second-order valence-corrected chi connectivity index (χ2v) is 4.79. The van der Waals surface area contributed by atoms with Crippen LogP contribution < -0.4 is 9.47 Å². The van der Waals surface area contributed by atoms with Crippen molar-refractivity contribution >= 4 is 0 Å². The van der Waals surface area contributed by atoms with Crippen LogP contribution in [0, 0.1) is 0 Å². The maximum absolute atomic E-state index is 5.85. The van der Waals surface area contributed by atoms with Gasteiger partial charge in [0.05, 0.1) is 19.4 Å². The van der Waals surface area contributed by atoms with Crippen molar-refractivity contribution in [2.24, 2.45) is 0 Å². The van der Waals surface area contributed by atoms with Gasteiger partial charge in [-0.2, -0.15) is 0 Å². The highest BCUT2D eigenvalue weighted by molar-refractivity contribution is 5.63. The van der Waals surface area contributed by atoms with Crippen molar-refractivity contribution in [3.63, 3.8) is 0 Å². The Bertz CT molecular complexity index is 769. The fourth-order valence-corrected chi connectivity index (χ4v) is 2.24. The van der Waals surface area contributed by atoms with Crippen molar-refractivity contribution in [2.45, 2.75) is 13.8 Å². The van der Waals surface area contributed by atoms with Crippen LogP contribution in [0.4, 0.5) is 0 Å². The third kappa shape index (κ3) is 3.34. The molecule has 3 rings (SSSR count). The number of aromatic nitrogens is 2. The average Bonchev–Trinajstić information content (AvgIpc) is 3.08. The van der Waals surface area contributed by atoms with Crippen LogP contribution in [-0.4, -0.2) is 23.2 Å². The Morgan fingerprint density at radius 1 is 0.913 bits per heavy atom. The van der Waals surface area contributed by atoms with Crippen molar-refractivity contribution in [1.29, 1.82) is 0 Å². The SMILES string of the molecule is CCOc1ccc(-c2ncc(-c3ccncc3)o2)cc1OCC. The molecule has 0 fully saturated rings. The van der Waals surface area contributed by atoms with Crippen molar-refractivity contribution in [3.8, 4) is 34.3 Å². The lowest BCUT2D eigenvalue weighted by Gasteiger charge is -2.11. The molecule has 0 aliphatic heterocycles. The van der Waals surface area contributed by atoms with E-state index in [0.717, 1.165) is 16.9 Å². The van der Waals surface area contributed by atoms with E-state index in [4.69, 9.17) is 13.9 Å². The summed E-state index contributed by atoms with van der Waals surface area (Å²) in [6.07, 6.45) is 5.16. The number of ether oxygens (including phenoxy) is 2. The number of pyridine rings is 1. The molecule has 2 heterocycles. The first-order valence-electron chi connectivity index (χ1n) is 7.58. The fraction of sp³-hybridized carbons (Fsp3) is 0.222. The third-order valence-corrected chi connectivity index (χ3v) is 3.26. The van der Waals surface area contributed by atoms with Gasteiger partial charge in [0.2, 0.25) is 5.89 Å². The highest BCUT2D eigenvalue weighted by atomic mass is 16.5. The minimum atomic E-state index is 0.542. The van der Waals surface area contributed by atoms with Gasteiger partial charge in [-0.1, -0.05) is 0 Å². The van der Waals surface area contributed by atoms with Crippen molar-refractivity contribution < 1.29 is 13.9 Å². The molecule has 0 aliphatic carbocycles. The van der Waals surface area contributed by atoms with E-state index in [9.17, 15) is 0 Å². The number of hydrogen-bond acceptors (Lipinski definition) is 5. The lowest BCUT2D eigenvalue weighted by molar-refractivity contribution is 0.288. The molecule has 5 nitrogen and oxygen atoms in total. The van der Waals surface area contributed by atoms with Crippen molar-refractivity contribution in [1.82, 2.24) is 9.97 Å². The molecule has 2 aromatic heterocycles. The Labute approximate surface area is 134 Å². The standard InChI is InChI=1S/C18H18N2O3/c1-3-21-15-6-5-14(11-16(15)22-4-2)18-20-12-17(23-18)13-7-9-19-10-8-13/h5-12H,3-4H2,1-2H3. The molecule has 5 heteroatoms. The fourth-order valence-electron chi connectivity index (χ4n) is 2.24. The van der Waals surface area contributed by atoms with Crippen LogP contribution in [-0.2, 0) is 0 Å². The molecule has 0 amide bonds. The topological polar surface area (TPSA) is 57.4 Å². The molecule has 23 heavy (non-hydrogen) atoms. The van der Waals surface area contributed by atoms with Gasteiger partial charge in [-0.15, -0.1) is 0 Å². The molecule has 0 radical (unpaired) electrons. The van der Waals surface area contributed by atoms with Gasteiger partial charge in [-0.3, -0.25) is 4.98 Å². The molecule has 118 valence electrons. The molecular weight excluding hydrogens is 292 g/mol. The molecule has 0 N–H and O–H groups in total. The quantitative estimate of drug-likeness (QED) is 0.683. The lowest BCUT2D eigenvalue weighted by Crippen LogP contribution is -1.98. The van der Waals surface area contributed by atoms with Crippen LogP contribution >= 0.6 is 0 Å². The Morgan fingerprint density at radius 2 is 1.65 bits per heavy atom. The van der Waals surface area contributed by atoms with E-state index in [0.29, 0.717) is 30.6 Å². The van der Waals surface area contributed by atoms with Crippen LogP contribution in [0.15, 0.2) is 53.3 Å². The first-order valence-corrected chi connectivity index (χ1v) is 7.58. The zero-order valence-electron chi connectivity index (χ0n) is 13.2. The van der Waals surface area contributed by atoms with Gasteiger partial charge < -0.3 is 13.9 Å². The van der Waals surface area contributed by atoms with E-state index >= 15 is 0 Å². The van der Waals surface area contributed by atoms with Gasteiger partial charge in [-0.05, 0) is 44.2 Å². The van der Waals surface area contributed by atoms with Crippen molar-refractivity contribution in [2.75, 3.05) is 13.2 Å². The number of benzene rings is 1. The minimum absolute atomic E-state index is 0.542. The summed E-state index contributed by atoms with van der Waals surface area (Å²) in [5, 5.41) is 0. The van der Waals surface area contributed by atoms with Crippen LogP contribution in [0.1, 0.15) is 13.8 Å². The lowest BCUT2D eigenvalue weighted by atomic mass is 10.2. The van der Waals surface area contributed by atoms with Crippen LogP contribution in [0.5, 0.6) is 11.5 Å². The molecule has 3 aromatic rings. The van der Waals surface area contributed by atoms with Gasteiger partial charge in [0.15, 0.2) is 17.3 Å². The van der Waals surface area contributed by atoms with E-state index in [1.54, 1.807) is 18.6 Å². The summed E-state index contributed by atoms with van der Waals surface area (Å²) in [5.41, 5.74) is 1.78. The van der Waals surface area contributed by atoms with E-state index in [1.165, 1.54) is 0 Å². The summed E-state index contributed by atoms with van der Waals surface area (Å²) in [6, 6.07) is 9.44. The summed E-state index contributed by atoms with van der Waals surface area (Å²) in [7, 11) is 0. The van der Waals surface area contributed by atoms with Gasteiger partial charge in [0, 0.05) is 23.5 Å². The summed E-state index contributed by atoms with van der Waals surface area (Å²) < 4.78 is 17.1. The van der Waals surface area contributed by atoms with Gasteiger partial charge in [-0.25, -0.2) is 4.98 Å². The number of hydrogen-bond donors (Lipinski definition) is 0. The minimum Gasteiger partial charge on any atom is -0.490 e. The van der Waals surface area contributed by atoms with Crippen LogP contribution in [0.25, 0.3) is 22.8 Å². The number of oxazole rings is 1. The molecule has 1 aromatic carbocycles. The highest BCUT2D eigenvalue weighted by Gasteiger charge is 2.12. The molecule has 0 saturated heterocycles. The summed E-state index contributed by atoms with van der Waals surface area (Å²) >= 11 is 0. The second kappa shape index (κ2) is 6.96. The first kappa shape index (κ1) is 15.1. The average molecular weight is 310 g/mol. The predicted molar refractivity (Wildman–Crippen MR) is 87.5 cm³/mol. The second-order valence-electron chi connectivity index (χ2n) is 4.79. The summed E-state index contributed by atoms with van der Waals surface area (Å²) in [5.74, 6) is 2.66. The molecule has 0 atom stereocenters. The van der Waals surface area contributed by atoms with E-state index < -0.39 is 0 Å². The monoisotopic (exact) mass is 310 g/mol. The molecule has 0 spiro atoms. The van der Waals surface area contributed by atoms with Gasteiger partial charge in [0.1, 0.15) is 0 Å². The van der Waals surface area contributed by atoms with Gasteiger partial charge in [0.25, 0.3) is 0 Å². The van der Waals surface area contributed by atoms with E-state index in [1.807, 2.05) is 44.2 Å². The zero-order chi connectivity index (χ0) is 16.1. The first-order chi connectivity index (χ1) is 11.3. The smallest absolute Gasteiger partial charge is 0.226 e. The molecule has 0 aliphatic rings. The Balaban J connectivity index is 1.93. The van der Waals surface area contributed by atoms with Gasteiger partial charge >= 0.3 is 0 Å². The molecule has 0 bridgehead atoms. The van der Waals surface area contributed by atoms with Crippen LogP contribution in [0.3, 0.4) is 0 Å². The predicted octanol–water partition coefficient (Wildman–Crippen LogP) is 4.20. The molecule has 0 saturated carbocycles. The Kier molecular flexibility index (Phi) is 4.57. The summed E-state index contributed by atoms with van der Waals surface area (Å²) in [6.45, 7) is 5.04. The summed E-state index contributed by atoms with van der Waals surface area (Å²) in [4.78, 5) is 8.36. The highest BCUT2D eigenvalue weighted by Crippen LogP contribution is 2.33. The molecule has 0 unspecified atom stereocenters. The zero-order valence-corrected chi connectivity index (χ0v) is 13.2. The van der Waals surface area contributed by atoms with E-state index in [2.05, 4.69) is 9.97 Å². The maximum atomic E-state index is 5.85. The van der Waals surface area contributed by atoms with Crippen molar-refractivity contribution in [3.05, 3.63) is 48.9 Å². The molecular formula is C18H18N2O3. The van der Waals surface area contributed by atoms with Crippen LogP contribution in [0.2, 0.25) is 0 Å². The third-order valence-electron chi connectivity index (χ3n) is 3.26. The Morgan fingerprint density at radius 3 is 2.39 bits per heavy atom. The number of rotatable bonds is 6. The van der Waals surface area contributed by atoms with E-state index in [-0.39, 0.29) is 0 Å². The largest absolute Gasteiger partial charge is 0.490 e. The normalized spacial score (nSPS) is 10.5. The number of nitrogens with zero attached hydrogens (tertiary/aromatic N) is 2. The maximum Gasteiger partial charge on any atom is 0.226 e.